The first-order valence-corrected chi connectivity index (χ1v) is 6.24. The molecule has 21 heavy (non-hydrogen) atoms. The normalized spacial score (nSPS) is 14.6. The van der Waals surface area contributed by atoms with Crippen LogP contribution in [0.2, 0.25) is 0 Å². The summed E-state index contributed by atoms with van der Waals surface area (Å²) < 4.78 is 43.5. The number of alkyl halides is 3. The van der Waals surface area contributed by atoms with Crippen molar-refractivity contribution in [2.75, 3.05) is 20.3 Å². The van der Waals surface area contributed by atoms with Gasteiger partial charge in [-0.05, 0) is 19.1 Å². The zero-order chi connectivity index (χ0) is 16.1. The lowest BCUT2D eigenvalue weighted by Gasteiger charge is -2.32. The van der Waals surface area contributed by atoms with E-state index in [1.165, 1.54) is 13.3 Å². The molecule has 5 nitrogen and oxygen atoms in total. The second-order valence-corrected chi connectivity index (χ2v) is 4.74. The van der Waals surface area contributed by atoms with Crippen molar-refractivity contribution in [3.05, 3.63) is 30.1 Å². The van der Waals surface area contributed by atoms with Gasteiger partial charge in [0, 0.05) is 19.9 Å². The highest BCUT2D eigenvalue weighted by Gasteiger charge is 2.55. The van der Waals surface area contributed by atoms with Crippen molar-refractivity contribution in [1.29, 1.82) is 0 Å². The third-order valence-corrected chi connectivity index (χ3v) is 2.96. The molecular formula is C13H18F3N3O2. The summed E-state index contributed by atoms with van der Waals surface area (Å²) in [6.45, 7) is 0.695. The second kappa shape index (κ2) is 6.86. The Kier molecular flexibility index (Phi) is 5.68. The summed E-state index contributed by atoms with van der Waals surface area (Å²) in [6, 6.07) is 4.98. The van der Waals surface area contributed by atoms with Crippen LogP contribution in [0.1, 0.15) is 12.6 Å². The van der Waals surface area contributed by atoms with Crippen LogP contribution in [0.25, 0.3) is 0 Å². The molecule has 1 atom stereocenters. The fourth-order valence-electron chi connectivity index (χ4n) is 1.59. The van der Waals surface area contributed by atoms with Gasteiger partial charge in [-0.1, -0.05) is 6.07 Å². The van der Waals surface area contributed by atoms with Crippen molar-refractivity contribution >= 4 is 5.91 Å². The van der Waals surface area contributed by atoms with Gasteiger partial charge in [0.2, 0.25) is 0 Å². The van der Waals surface area contributed by atoms with Crippen LogP contribution in [0.5, 0.6) is 0 Å². The molecule has 8 heteroatoms. The van der Waals surface area contributed by atoms with Crippen molar-refractivity contribution in [3.63, 3.8) is 0 Å². The summed E-state index contributed by atoms with van der Waals surface area (Å²) in [5.41, 5.74) is 2.71. The standard InChI is InChI=1S/C13H18F3N3O2/c1-12(17,13(14,15)16)11(20)19(7-8-21-2)9-10-5-3-4-6-18-10/h3-6H,7-9,17H2,1-2H3. The lowest BCUT2D eigenvalue weighted by molar-refractivity contribution is -0.194. The number of carbonyl (C=O) groups excluding carboxylic acids is 1. The van der Waals surface area contributed by atoms with E-state index >= 15 is 0 Å². The highest BCUT2D eigenvalue weighted by atomic mass is 19.4. The van der Waals surface area contributed by atoms with Crippen LogP contribution in [0.3, 0.4) is 0 Å². The molecule has 0 spiro atoms. The van der Waals surface area contributed by atoms with Crippen LogP contribution in [0.15, 0.2) is 24.4 Å². The van der Waals surface area contributed by atoms with E-state index in [4.69, 9.17) is 10.5 Å². The lowest BCUT2D eigenvalue weighted by atomic mass is 10.0. The number of carbonyl (C=O) groups is 1. The summed E-state index contributed by atoms with van der Waals surface area (Å²) in [6.07, 6.45) is -3.33. The van der Waals surface area contributed by atoms with Gasteiger partial charge in [0.25, 0.3) is 5.91 Å². The van der Waals surface area contributed by atoms with Crippen LogP contribution < -0.4 is 5.73 Å². The van der Waals surface area contributed by atoms with Crippen LogP contribution in [0.4, 0.5) is 13.2 Å². The number of hydrogen-bond donors (Lipinski definition) is 1. The summed E-state index contributed by atoms with van der Waals surface area (Å²) in [4.78, 5) is 17.1. The highest BCUT2D eigenvalue weighted by Crippen LogP contribution is 2.29. The number of hydrogen-bond acceptors (Lipinski definition) is 4. The average Bonchev–Trinajstić information content (AvgIpc) is 2.42. The third kappa shape index (κ3) is 4.40. The monoisotopic (exact) mass is 305 g/mol. The molecule has 1 aromatic rings. The van der Waals surface area contributed by atoms with E-state index in [0.717, 1.165) is 4.90 Å². The molecular weight excluding hydrogens is 287 g/mol. The van der Waals surface area contributed by atoms with Gasteiger partial charge in [0.1, 0.15) is 0 Å². The topological polar surface area (TPSA) is 68.5 Å². The van der Waals surface area contributed by atoms with Crippen LogP contribution in [-0.4, -0.2) is 47.8 Å². The molecule has 0 aliphatic carbocycles. The highest BCUT2D eigenvalue weighted by molar-refractivity contribution is 5.86. The molecule has 1 amide bonds. The molecule has 0 bridgehead atoms. The molecule has 118 valence electrons. The molecule has 1 heterocycles. The summed E-state index contributed by atoms with van der Waals surface area (Å²) in [5.74, 6) is -1.21. The van der Waals surface area contributed by atoms with Gasteiger partial charge in [-0.25, -0.2) is 0 Å². The van der Waals surface area contributed by atoms with E-state index in [-0.39, 0.29) is 19.7 Å². The quantitative estimate of drug-likeness (QED) is 0.861. The van der Waals surface area contributed by atoms with Gasteiger partial charge < -0.3 is 15.4 Å². The number of halogens is 3. The average molecular weight is 305 g/mol. The van der Waals surface area contributed by atoms with Gasteiger partial charge in [0.15, 0.2) is 5.54 Å². The Morgan fingerprint density at radius 2 is 2.10 bits per heavy atom. The first-order chi connectivity index (χ1) is 9.70. The molecule has 0 saturated heterocycles. The van der Waals surface area contributed by atoms with E-state index in [2.05, 4.69) is 4.98 Å². The number of amides is 1. The van der Waals surface area contributed by atoms with E-state index in [9.17, 15) is 18.0 Å². The fourth-order valence-corrected chi connectivity index (χ4v) is 1.59. The SMILES string of the molecule is COCCN(Cc1ccccn1)C(=O)C(C)(N)C(F)(F)F. The molecule has 1 aromatic heterocycles. The summed E-state index contributed by atoms with van der Waals surface area (Å²) in [7, 11) is 1.40. The van der Waals surface area contributed by atoms with Crippen molar-refractivity contribution in [2.24, 2.45) is 5.73 Å². The predicted molar refractivity (Wildman–Crippen MR) is 70.2 cm³/mol. The van der Waals surface area contributed by atoms with Crippen molar-refractivity contribution in [3.8, 4) is 0 Å². The number of nitrogens with two attached hydrogens (primary N) is 1. The summed E-state index contributed by atoms with van der Waals surface area (Å²) in [5, 5.41) is 0. The Bertz CT molecular complexity index is 463. The second-order valence-electron chi connectivity index (χ2n) is 4.74. The van der Waals surface area contributed by atoms with Crippen LogP contribution in [0, 0.1) is 0 Å². The maximum atomic E-state index is 12.9. The van der Waals surface area contributed by atoms with Crippen LogP contribution in [-0.2, 0) is 16.1 Å². The predicted octanol–water partition coefficient (Wildman–Crippen LogP) is 1.34. The Labute approximate surface area is 120 Å². The lowest BCUT2D eigenvalue weighted by Crippen LogP contribution is -2.62. The number of ether oxygens (including phenoxy) is 1. The Hall–Kier alpha value is -1.67. The number of rotatable bonds is 6. The molecule has 1 rings (SSSR count). The van der Waals surface area contributed by atoms with Gasteiger partial charge in [-0.2, -0.15) is 13.2 Å². The molecule has 0 saturated carbocycles. The maximum absolute atomic E-state index is 12.9. The third-order valence-electron chi connectivity index (χ3n) is 2.96. The summed E-state index contributed by atoms with van der Waals surface area (Å²) >= 11 is 0. The molecule has 1 unspecified atom stereocenters. The van der Waals surface area contributed by atoms with Crippen molar-refractivity contribution in [2.45, 2.75) is 25.2 Å². The van der Waals surface area contributed by atoms with Gasteiger partial charge in [0.05, 0.1) is 18.8 Å². The molecule has 2 N–H and O–H groups in total. The fraction of sp³-hybridized carbons (Fsp3) is 0.538. The van der Waals surface area contributed by atoms with Crippen LogP contribution >= 0.6 is 0 Å². The van der Waals surface area contributed by atoms with Gasteiger partial charge in [-0.15, -0.1) is 0 Å². The maximum Gasteiger partial charge on any atom is 0.415 e. The van der Waals surface area contributed by atoms with E-state index in [1.807, 2.05) is 0 Å². The minimum Gasteiger partial charge on any atom is -0.383 e. The number of nitrogens with zero attached hydrogens (tertiary/aromatic N) is 2. The molecule has 0 radical (unpaired) electrons. The van der Waals surface area contributed by atoms with Gasteiger partial charge >= 0.3 is 6.18 Å². The molecule has 0 aliphatic heterocycles. The van der Waals surface area contributed by atoms with Crippen molar-refractivity contribution in [1.82, 2.24) is 9.88 Å². The smallest absolute Gasteiger partial charge is 0.383 e. The molecule has 0 aromatic carbocycles. The Morgan fingerprint density at radius 3 is 2.57 bits per heavy atom. The Balaban J connectivity index is 2.94. The number of methoxy groups -OCH3 is 1. The minimum atomic E-state index is -4.83. The largest absolute Gasteiger partial charge is 0.415 e. The number of aromatic nitrogens is 1. The van der Waals surface area contributed by atoms with E-state index < -0.39 is 17.6 Å². The van der Waals surface area contributed by atoms with Gasteiger partial charge in [-0.3, -0.25) is 9.78 Å². The molecule has 0 fully saturated rings. The zero-order valence-electron chi connectivity index (χ0n) is 11.9. The molecule has 0 aliphatic rings. The first kappa shape index (κ1) is 17.4. The first-order valence-electron chi connectivity index (χ1n) is 6.24. The minimum absolute atomic E-state index is 0.00518. The van der Waals surface area contributed by atoms with E-state index in [0.29, 0.717) is 12.6 Å². The van der Waals surface area contributed by atoms with E-state index in [1.54, 1.807) is 18.2 Å². The zero-order valence-corrected chi connectivity index (χ0v) is 11.9. The number of pyridine rings is 1. The Morgan fingerprint density at radius 1 is 1.43 bits per heavy atom. The van der Waals surface area contributed by atoms with Crippen molar-refractivity contribution < 1.29 is 22.7 Å².